The third kappa shape index (κ3) is 3.59. The topological polar surface area (TPSA) is 167 Å². The lowest BCUT2D eigenvalue weighted by atomic mass is 9.97. The maximum absolute atomic E-state index is 11.2. The molecule has 0 aliphatic rings. The fraction of sp³-hybridized carbons (Fsp3) is 0.750. The van der Waals surface area contributed by atoms with Crippen LogP contribution in [0.4, 0.5) is 0 Å². The first-order valence-electron chi connectivity index (χ1n) is 4.54. The van der Waals surface area contributed by atoms with E-state index in [0.717, 1.165) is 0 Å². The number of aliphatic hydroxyl groups excluding tert-OH is 4. The predicted octanol–water partition coefficient (Wildman–Crippen LogP) is -4.51. The Bertz CT molecular complexity index is 259. The monoisotopic (exact) mass is 236 g/mol. The highest BCUT2D eigenvalue weighted by atomic mass is 16.4. The highest BCUT2D eigenvalue weighted by Gasteiger charge is 2.34. The quantitative estimate of drug-likeness (QED) is 0.240. The molecule has 0 rings (SSSR count). The predicted molar refractivity (Wildman–Crippen MR) is 52.2 cm³/mol. The Morgan fingerprint density at radius 2 is 1.62 bits per heavy atom. The lowest BCUT2D eigenvalue weighted by Crippen LogP contribution is -2.54. The van der Waals surface area contributed by atoms with Gasteiger partial charge in [-0.1, -0.05) is 0 Å². The van der Waals surface area contributed by atoms with Crippen LogP contribution >= 0.6 is 0 Å². The van der Waals surface area contributed by atoms with Crippen LogP contribution in [0.2, 0.25) is 0 Å². The Hall–Kier alpha value is -0.900. The molecule has 0 aromatic carbocycles. The van der Waals surface area contributed by atoms with Crippen molar-refractivity contribution in [2.75, 3.05) is 13.2 Å². The van der Waals surface area contributed by atoms with Gasteiger partial charge in [-0.3, -0.25) is 9.59 Å². The van der Waals surface area contributed by atoms with Gasteiger partial charge in [-0.05, 0) is 0 Å². The lowest BCUT2D eigenvalue weighted by Gasteiger charge is -2.24. The molecule has 8 N–H and O–H groups in total. The molecular weight excluding hydrogens is 220 g/mol. The number of carbonyl (C=O) groups excluding carboxylic acids is 2. The molecular formula is C8H16N2O6. The van der Waals surface area contributed by atoms with Crippen LogP contribution in [-0.4, -0.2) is 69.5 Å². The Kier molecular flexibility index (Phi) is 6.26. The number of Topliss-reactive ketones (excluding diaryl/α,β-unsaturated/α-hetero) is 2. The van der Waals surface area contributed by atoms with E-state index in [9.17, 15) is 19.8 Å². The summed E-state index contributed by atoms with van der Waals surface area (Å²) in [5.74, 6) is -2.13. The molecule has 8 heteroatoms. The van der Waals surface area contributed by atoms with Gasteiger partial charge in [0.1, 0.15) is 24.4 Å². The molecule has 94 valence electrons. The highest BCUT2D eigenvalue weighted by molar-refractivity contribution is 6.40. The Labute approximate surface area is 91.5 Å². The van der Waals surface area contributed by atoms with Gasteiger partial charge in [0.15, 0.2) is 0 Å². The smallest absolute Gasteiger partial charge is 0.219 e. The molecule has 0 unspecified atom stereocenters. The summed E-state index contributed by atoms with van der Waals surface area (Å²) in [6.07, 6.45) is -5.33. The molecule has 4 atom stereocenters. The number of ketones is 2. The largest absolute Gasteiger partial charge is 0.394 e. The van der Waals surface area contributed by atoms with Crippen molar-refractivity contribution in [2.45, 2.75) is 24.4 Å². The molecule has 0 aromatic heterocycles. The molecule has 0 aliphatic carbocycles. The van der Waals surface area contributed by atoms with E-state index in [0.29, 0.717) is 0 Å². The number of rotatable bonds is 7. The second kappa shape index (κ2) is 6.63. The molecule has 0 bridgehead atoms. The van der Waals surface area contributed by atoms with Crippen molar-refractivity contribution in [3.05, 3.63) is 0 Å². The molecule has 0 aromatic rings. The summed E-state index contributed by atoms with van der Waals surface area (Å²) < 4.78 is 0. The first kappa shape index (κ1) is 15.1. The molecule has 8 nitrogen and oxygen atoms in total. The van der Waals surface area contributed by atoms with E-state index >= 15 is 0 Å². The average molecular weight is 236 g/mol. The zero-order valence-electron chi connectivity index (χ0n) is 8.48. The van der Waals surface area contributed by atoms with Gasteiger partial charge in [-0.15, -0.1) is 0 Å². The fourth-order valence-corrected chi connectivity index (χ4v) is 0.990. The van der Waals surface area contributed by atoms with Crippen LogP contribution in [0.1, 0.15) is 0 Å². The summed E-state index contributed by atoms with van der Waals surface area (Å²) in [5, 5.41) is 36.1. The maximum Gasteiger partial charge on any atom is 0.219 e. The minimum atomic E-state index is -1.86. The van der Waals surface area contributed by atoms with Crippen molar-refractivity contribution < 1.29 is 30.0 Å². The Morgan fingerprint density at radius 1 is 1.12 bits per heavy atom. The van der Waals surface area contributed by atoms with Crippen molar-refractivity contribution in [3.63, 3.8) is 0 Å². The number of hydrogen-bond donors (Lipinski definition) is 6. The van der Waals surface area contributed by atoms with Gasteiger partial charge in [-0.2, -0.15) is 0 Å². The first-order valence-corrected chi connectivity index (χ1v) is 4.54. The van der Waals surface area contributed by atoms with E-state index in [1.165, 1.54) is 0 Å². The Morgan fingerprint density at radius 3 is 2.00 bits per heavy atom. The van der Waals surface area contributed by atoms with E-state index < -0.39 is 49.1 Å². The van der Waals surface area contributed by atoms with Gasteiger partial charge in [0.25, 0.3) is 0 Å². The summed E-state index contributed by atoms with van der Waals surface area (Å²) in [6.45, 7) is -1.37. The highest BCUT2D eigenvalue weighted by Crippen LogP contribution is 2.04. The van der Waals surface area contributed by atoms with Crippen LogP contribution in [0.3, 0.4) is 0 Å². The summed E-state index contributed by atoms with van der Waals surface area (Å²) in [5.41, 5.74) is 10.1. The maximum atomic E-state index is 11.2. The molecule has 0 aliphatic heterocycles. The second-order valence-corrected chi connectivity index (χ2v) is 3.25. The van der Waals surface area contributed by atoms with Crippen LogP contribution in [0, 0.1) is 0 Å². The van der Waals surface area contributed by atoms with Gasteiger partial charge in [-0.25, -0.2) is 0 Å². The van der Waals surface area contributed by atoms with Crippen LogP contribution in [0.15, 0.2) is 0 Å². The van der Waals surface area contributed by atoms with Crippen LogP contribution in [0.5, 0.6) is 0 Å². The van der Waals surface area contributed by atoms with Gasteiger partial charge in [0, 0.05) is 0 Å². The van der Waals surface area contributed by atoms with Crippen molar-refractivity contribution in [1.82, 2.24) is 0 Å². The molecule has 0 heterocycles. The van der Waals surface area contributed by atoms with Gasteiger partial charge >= 0.3 is 0 Å². The van der Waals surface area contributed by atoms with Gasteiger partial charge in [0.05, 0.1) is 13.2 Å². The molecule has 0 amide bonds. The van der Waals surface area contributed by atoms with Gasteiger partial charge < -0.3 is 31.9 Å². The van der Waals surface area contributed by atoms with E-state index in [1.54, 1.807) is 0 Å². The molecule has 0 radical (unpaired) electrons. The van der Waals surface area contributed by atoms with Crippen molar-refractivity contribution in [3.8, 4) is 0 Å². The molecule has 0 saturated carbocycles. The zero-order chi connectivity index (χ0) is 12.9. The summed E-state index contributed by atoms with van der Waals surface area (Å²) in [7, 11) is 0. The van der Waals surface area contributed by atoms with Crippen molar-refractivity contribution in [1.29, 1.82) is 0 Å². The second-order valence-electron chi connectivity index (χ2n) is 3.25. The standard InChI is InChI=1S/C8H16N2O6/c9-1-3(12)6(14)5(10)8(16)7(15)4(13)2-11/h4-5,7-8,11,13,15-16H,1-2,9-10H2/t4-,5-,7-,8-/m1/s1. The third-order valence-corrected chi connectivity index (χ3v) is 2.06. The first-order chi connectivity index (χ1) is 7.36. The Balaban J connectivity index is 4.54. The van der Waals surface area contributed by atoms with E-state index in [2.05, 4.69) is 0 Å². The summed E-state index contributed by atoms with van der Waals surface area (Å²) in [6, 6.07) is -1.69. The zero-order valence-corrected chi connectivity index (χ0v) is 8.48. The van der Waals surface area contributed by atoms with Crippen LogP contribution < -0.4 is 11.5 Å². The molecule has 0 saturated heterocycles. The van der Waals surface area contributed by atoms with E-state index in [1.807, 2.05) is 0 Å². The van der Waals surface area contributed by atoms with Crippen LogP contribution in [0.25, 0.3) is 0 Å². The molecule has 0 fully saturated rings. The van der Waals surface area contributed by atoms with Crippen molar-refractivity contribution >= 4 is 11.6 Å². The fourth-order valence-electron chi connectivity index (χ4n) is 0.990. The lowest BCUT2D eigenvalue weighted by molar-refractivity contribution is -0.141. The van der Waals surface area contributed by atoms with E-state index in [4.69, 9.17) is 21.7 Å². The molecule has 16 heavy (non-hydrogen) atoms. The summed E-state index contributed by atoms with van der Waals surface area (Å²) >= 11 is 0. The number of nitrogens with two attached hydrogens (primary N) is 2. The third-order valence-electron chi connectivity index (χ3n) is 2.06. The number of carbonyl (C=O) groups is 2. The normalized spacial score (nSPS) is 18.6. The van der Waals surface area contributed by atoms with E-state index in [-0.39, 0.29) is 0 Å². The SMILES string of the molecule is NCC(=O)C(=O)[C@@H](N)[C@@H](O)[C@H](O)[C@H](O)CO. The minimum Gasteiger partial charge on any atom is -0.394 e. The number of aliphatic hydroxyl groups is 4. The van der Waals surface area contributed by atoms with Crippen molar-refractivity contribution in [2.24, 2.45) is 11.5 Å². The minimum absolute atomic E-state index is 0.558. The molecule has 0 spiro atoms. The van der Waals surface area contributed by atoms with Gasteiger partial charge in [0.2, 0.25) is 11.6 Å². The number of hydrogen-bond acceptors (Lipinski definition) is 8. The average Bonchev–Trinajstić information content (AvgIpc) is 2.32. The van der Waals surface area contributed by atoms with Crippen LogP contribution in [-0.2, 0) is 9.59 Å². The summed E-state index contributed by atoms with van der Waals surface area (Å²) in [4.78, 5) is 22.0.